The van der Waals surface area contributed by atoms with Crippen LogP contribution < -0.4 is 4.90 Å². The number of aliphatic hydroxyl groups excluding tert-OH is 1. The standard InChI is InChI=1S/C16H21NO/c1-3-4-5-8-16(18)14-9-10-15-13(12-14)7-6-11-17(15)2/h1,9-10,12,16,18H,4-8,11H2,2H3. The van der Waals surface area contributed by atoms with Crippen molar-refractivity contribution in [2.45, 2.75) is 38.2 Å². The van der Waals surface area contributed by atoms with E-state index in [1.807, 2.05) is 6.07 Å². The van der Waals surface area contributed by atoms with Gasteiger partial charge >= 0.3 is 0 Å². The molecule has 1 aromatic rings. The summed E-state index contributed by atoms with van der Waals surface area (Å²) in [6.07, 6.45) is 9.53. The number of benzene rings is 1. The van der Waals surface area contributed by atoms with E-state index in [-0.39, 0.29) is 6.10 Å². The molecule has 0 bridgehead atoms. The maximum Gasteiger partial charge on any atom is 0.0790 e. The van der Waals surface area contributed by atoms with Crippen molar-refractivity contribution in [3.8, 4) is 12.3 Å². The zero-order valence-corrected chi connectivity index (χ0v) is 11.0. The Hall–Kier alpha value is -1.46. The van der Waals surface area contributed by atoms with Crippen molar-refractivity contribution in [1.82, 2.24) is 0 Å². The largest absolute Gasteiger partial charge is 0.388 e. The molecule has 0 spiro atoms. The number of unbranched alkanes of at least 4 members (excludes halogenated alkanes) is 1. The summed E-state index contributed by atoms with van der Waals surface area (Å²) in [7, 11) is 2.13. The van der Waals surface area contributed by atoms with Crippen LogP contribution in [0.5, 0.6) is 0 Å². The van der Waals surface area contributed by atoms with Crippen molar-refractivity contribution >= 4 is 5.69 Å². The third kappa shape index (κ3) is 2.86. The summed E-state index contributed by atoms with van der Waals surface area (Å²) in [4.78, 5) is 2.29. The third-order valence-electron chi connectivity index (χ3n) is 3.64. The number of nitrogens with zero attached hydrogens (tertiary/aromatic N) is 1. The number of hydrogen-bond acceptors (Lipinski definition) is 2. The Morgan fingerprint density at radius 2 is 2.33 bits per heavy atom. The van der Waals surface area contributed by atoms with Crippen LogP contribution in [0.4, 0.5) is 5.69 Å². The average Bonchev–Trinajstić information content (AvgIpc) is 2.39. The Labute approximate surface area is 110 Å². The Bertz CT molecular complexity index is 447. The van der Waals surface area contributed by atoms with Crippen molar-refractivity contribution in [3.63, 3.8) is 0 Å². The van der Waals surface area contributed by atoms with Gasteiger partial charge < -0.3 is 10.0 Å². The Morgan fingerprint density at radius 1 is 1.50 bits per heavy atom. The summed E-state index contributed by atoms with van der Waals surface area (Å²) in [5.41, 5.74) is 3.69. The van der Waals surface area contributed by atoms with Crippen LogP contribution in [0.1, 0.15) is 42.9 Å². The fourth-order valence-corrected chi connectivity index (χ4v) is 2.58. The summed E-state index contributed by atoms with van der Waals surface area (Å²) in [6.45, 7) is 1.12. The lowest BCUT2D eigenvalue weighted by Gasteiger charge is -2.28. The summed E-state index contributed by atoms with van der Waals surface area (Å²) in [5.74, 6) is 2.61. The lowest BCUT2D eigenvalue weighted by molar-refractivity contribution is 0.165. The minimum absolute atomic E-state index is 0.379. The van der Waals surface area contributed by atoms with Gasteiger partial charge in [-0.25, -0.2) is 0 Å². The number of fused-ring (bicyclic) bond motifs is 1. The van der Waals surface area contributed by atoms with Crippen LogP contribution in [-0.4, -0.2) is 18.7 Å². The van der Waals surface area contributed by atoms with Crippen molar-refractivity contribution in [2.75, 3.05) is 18.5 Å². The molecule has 1 aliphatic rings. The summed E-state index contributed by atoms with van der Waals surface area (Å²) >= 11 is 0. The summed E-state index contributed by atoms with van der Waals surface area (Å²) in [5, 5.41) is 10.1. The first-order valence-corrected chi connectivity index (χ1v) is 6.68. The lowest BCUT2D eigenvalue weighted by Crippen LogP contribution is -2.24. The van der Waals surface area contributed by atoms with Gasteiger partial charge in [0.25, 0.3) is 0 Å². The van der Waals surface area contributed by atoms with Gasteiger partial charge in [0.15, 0.2) is 0 Å². The molecule has 0 saturated heterocycles. The normalized spacial score (nSPS) is 15.9. The highest BCUT2D eigenvalue weighted by atomic mass is 16.3. The molecule has 1 aromatic carbocycles. The Morgan fingerprint density at radius 3 is 3.11 bits per heavy atom. The Kier molecular flexibility index (Phi) is 4.28. The van der Waals surface area contributed by atoms with Crippen molar-refractivity contribution in [1.29, 1.82) is 0 Å². The molecule has 1 heterocycles. The van der Waals surface area contributed by atoms with E-state index in [9.17, 15) is 5.11 Å². The fourth-order valence-electron chi connectivity index (χ4n) is 2.58. The van der Waals surface area contributed by atoms with Crippen LogP contribution in [-0.2, 0) is 6.42 Å². The zero-order valence-electron chi connectivity index (χ0n) is 11.0. The molecule has 2 heteroatoms. The van der Waals surface area contributed by atoms with Gasteiger partial charge in [-0.1, -0.05) is 12.1 Å². The van der Waals surface area contributed by atoms with Crippen molar-refractivity contribution in [3.05, 3.63) is 29.3 Å². The van der Waals surface area contributed by atoms with Crippen LogP contribution in [0.3, 0.4) is 0 Å². The van der Waals surface area contributed by atoms with E-state index in [4.69, 9.17) is 6.42 Å². The predicted molar refractivity (Wildman–Crippen MR) is 75.7 cm³/mol. The number of terminal acetylenes is 1. The molecule has 96 valence electrons. The first-order valence-electron chi connectivity index (χ1n) is 6.68. The second-order valence-electron chi connectivity index (χ2n) is 5.03. The minimum atomic E-state index is -0.379. The number of rotatable bonds is 4. The molecule has 1 N–H and O–H groups in total. The summed E-state index contributed by atoms with van der Waals surface area (Å²) < 4.78 is 0. The molecule has 0 radical (unpaired) electrons. The molecular weight excluding hydrogens is 222 g/mol. The molecule has 0 amide bonds. The van der Waals surface area contributed by atoms with Gasteiger partial charge in [0, 0.05) is 25.7 Å². The van der Waals surface area contributed by atoms with Crippen molar-refractivity contribution < 1.29 is 5.11 Å². The quantitative estimate of drug-likeness (QED) is 0.649. The van der Waals surface area contributed by atoms with E-state index in [0.717, 1.165) is 37.8 Å². The van der Waals surface area contributed by atoms with Crippen LogP contribution >= 0.6 is 0 Å². The van der Waals surface area contributed by atoms with E-state index >= 15 is 0 Å². The molecule has 0 aliphatic carbocycles. The van der Waals surface area contributed by atoms with Gasteiger partial charge in [-0.15, -0.1) is 12.3 Å². The summed E-state index contributed by atoms with van der Waals surface area (Å²) in [6, 6.07) is 6.33. The van der Waals surface area contributed by atoms with Gasteiger partial charge in [-0.05, 0) is 42.9 Å². The molecule has 0 saturated carbocycles. The van der Waals surface area contributed by atoms with Crippen LogP contribution in [0.15, 0.2) is 18.2 Å². The van der Waals surface area contributed by atoms with E-state index in [1.54, 1.807) is 0 Å². The van der Waals surface area contributed by atoms with Gasteiger partial charge in [0.1, 0.15) is 0 Å². The van der Waals surface area contributed by atoms with E-state index in [1.165, 1.54) is 17.7 Å². The van der Waals surface area contributed by atoms with E-state index in [2.05, 4.69) is 30.0 Å². The van der Waals surface area contributed by atoms with Gasteiger partial charge in [0.05, 0.1) is 6.10 Å². The van der Waals surface area contributed by atoms with Crippen LogP contribution in [0.25, 0.3) is 0 Å². The maximum absolute atomic E-state index is 10.1. The number of anilines is 1. The minimum Gasteiger partial charge on any atom is -0.388 e. The monoisotopic (exact) mass is 243 g/mol. The fraction of sp³-hybridized carbons (Fsp3) is 0.500. The van der Waals surface area contributed by atoms with E-state index < -0.39 is 0 Å². The van der Waals surface area contributed by atoms with Gasteiger partial charge in [-0.3, -0.25) is 0 Å². The highest BCUT2D eigenvalue weighted by Crippen LogP contribution is 2.30. The number of hydrogen-bond donors (Lipinski definition) is 1. The van der Waals surface area contributed by atoms with Crippen molar-refractivity contribution in [2.24, 2.45) is 0 Å². The Balaban J connectivity index is 2.08. The van der Waals surface area contributed by atoms with Crippen LogP contribution in [0, 0.1) is 12.3 Å². The van der Waals surface area contributed by atoms with Crippen LogP contribution in [0.2, 0.25) is 0 Å². The first-order chi connectivity index (χ1) is 8.72. The van der Waals surface area contributed by atoms with Gasteiger partial charge in [0.2, 0.25) is 0 Å². The maximum atomic E-state index is 10.1. The predicted octanol–water partition coefficient (Wildman–Crippen LogP) is 2.91. The molecule has 2 nitrogen and oxygen atoms in total. The molecular formula is C16H21NO. The average molecular weight is 243 g/mol. The lowest BCUT2D eigenvalue weighted by atomic mass is 9.96. The first kappa shape index (κ1) is 13.0. The molecule has 0 fully saturated rings. The highest BCUT2D eigenvalue weighted by Gasteiger charge is 2.15. The number of aliphatic hydroxyl groups is 1. The molecule has 0 aromatic heterocycles. The van der Waals surface area contributed by atoms with E-state index in [0.29, 0.717) is 0 Å². The highest BCUT2D eigenvalue weighted by molar-refractivity contribution is 5.56. The zero-order chi connectivity index (χ0) is 13.0. The molecule has 2 rings (SSSR count). The topological polar surface area (TPSA) is 23.5 Å². The smallest absolute Gasteiger partial charge is 0.0790 e. The second-order valence-corrected chi connectivity index (χ2v) is 5.03. The third-order valence-corrected chi connectivity index (χ3v) is 3.64. The molecule has 1 atom stereocenters. The SMILES string of the molecule is C#CCCCC(O)c1ccc2c(c1)CCCN2C. The molecule has 1 unspecified atom stereocenters. The molecule has 18 heavy (non-hydrogen) atoms. The molecule has 1 aliphatic heterocycles. The second kappa shape index (κ2) is 5.93. The number of aryl methyl sites for hydroxylation is 1. The van der Waals surface area contributed by atoms with Gasteiger partial charge in [-0.2, -0.15) is 0 Å².